The summed E-state index contributed by atoms with van der Waals surface area (Å²) in [6, 6.07) is 2.01. The molecule has 0 aliphatic carbocycles. The normalized spacial score (nSPS) is 22.2. The SMILES string of the molecule is COC1CCN(Cc2nc(C(=O)N3CCC(c4ccn[nH]4)CC3)co2)C1. The molecule has 2 saturated heterocycles. The Kier molecular flexibility index (Phi) is 5.03. The maximum absolute atomic E-state index is 12.7. The maximum Gasteiger partial charge on any atom is 0.275 e. The summed E-state index contributed by atoms with van der Waals surface area (Å²) in [6.07, 6.45) is 6.44. The molecule has 1 N–H and O–H groups in total. The monoisotopic (exact) mass is 359 g/mol. The summed E-state index contributed by atoms with van der Waals surface area (Å²) in [5, 5.41) is 7.05. The smallest absolute Gasteiger partial charge is 0.275 e. The van der Waals surface area contributed by atoms with E-state index in [0.29, 0.717) is 24.0 Å². The largest absolute Gasteiger partial charge is 0.447 e. The van der Waals surface area contributed by atoms with Crippen LogP contribution in [0.2, 0.25) is 0 Å². The van der Waals surface area contributed by atoms with Gasteiger partial charge in [0, 0.05) is 51.1 Å². The van der Waals surface area contributed by atoms with E-state index >= 15 is 0 Å². The van der Waals surface area contributed by atoms with Crippen LogP contribution < -0.4 is 0 Å². The fourth-order valence-electron chi connectivity index (χ4n) is 3.86. The van der Waals surface area contributed by atoms with Crippen LogP contribution in [-0.2, 0) is 11.3 Å². The second-order valence-electron chi connectivity index (χ2n) is 7.09. The van der Waals surface area contributed by atoms with Gasteiger partial charge in [-0.3, -0.25) is 14.8 Å². The van der Waals surface area contributed by atoms with E-state index in [2.05, 4.69) is 20.1 Å². The summed E-state index contributed by atoms with van der Waals surface area (Å²) >= 11 is 0. The van der Waals surface area contributed by atoms with Crippen molar-refractivity contribution >= 4 is 5.91 Å². The lowest BCUT2D eigenvalue weighted by Crippen LogP contribution is -2.38. The Morgan fingerprint density at radius 3 is 2.88 bits per heavy atom. The molecule has 0 spiro atoms. The Labute approximate surface area is 152 Å². The number of rotatable bonds is 5. The van der Waals surface area contributed by atoms with Crippen LogP contribution in [0.5, 0.6) is 0 Å². The zero-order valence-corrected chi connectivity index (χ0v) is 15.1. The van der Waals surface area contributed by atoms with Crippen molar-refractivity contribution in [2.24, 2.45) is 0 Å². The highest BCUT2D eigenvalue weighted by atomic mass is 16.5. The summed E-state index contributed by atoms with van der Waals surface area (Å²) in [7, 11) is 1.74. The first-order valence-corrected chi connectivity index (χ1v) is 9.21. The van der Waals surface area contributed by atoms with E-state index < -0.39 is 0 Å². The summed E-state index contributed by atoms with van der Waals surface area (Å²) < 4.78 is 10.9. The van der Waals surface area contributed by atoms with Crippen molar-refractivity contribution in [2.75, 3.05) is 33.3 Å². The topological polar surface area (TPSA) is 87.5 Å². The molecule has 1 unspecified atom stereocenters. The number of oxazole rings is 1. The van der Waals surface area contributed by atoms with Gasteiger partial charge in [0.15, 0.2) is 5.69 Å². The Bertz CT molecular complexity index is 721. The maximum atomic E-state index is 12.7. The van der Waals surface area contributed by atoms with E-state index in [1.54, 1.807) is 13.3 Å². The minimum Gasteiger partial charge on any atom is -0.447 e. The van der Waals surface area contributed by atoms with Crippen LogP contribution >= 0.6 is 0 Å². The highest BCUT2D eigenvalue weighted by Crippen LogP contribution is 2.27. The van der Waals surface area contributed by atoms with Gasteiger partial charge in [0.05, 0.1) is 12.6 Å². The van der Waals surface area contributed by atoms with Crippen LogP contribution in [0.3, 0.4) is 0 Å². The molecule has 2 aromatic rings. The molecule has 4 rings (SSSR count). The molecule has 8 heteroatoms. The number of piperidine rings is 1. The number of aromatic amines is 1. The molecule has 4 heterocycles. The van der Waals surface area contributed by atoms with Crippen molar-refractivity contribution in [1.82, 2.24) is 25.0 Å². The van der Waals surface area contributed by atoms with E-state index in [-0.39, 0.29) is 12.0 Å². The van der Waals surface area contributed by atoms with Crippen molar-refractivity contribution in [3.63, 3.8) is 0 Å². The lowest BCUT2D eigenvalue weighted by atomic mass is 9.93. The van der Waals surface area contributed by atoms with Gasteiger partial charge in [0.2, 0.25) is 5.89 Å². The third kappa shape index (κ3) is 3.66. The zero-order chi connectivity index (χ0) is 17.9. The molecule has 0 radical (unpaired) electrons. The molecular weight excluding hydrogens is 334 g/mol. The molecule has 2 aromatic heterocycles. The average Bonchev–Trinajstić information content (AvgIpc) is 3.43. The van der Waals surface area contributed by atoms with Crippen LogP contribution in [0.4, 0.5) is 0 Å². The number of hydrogen-bond donors (Lipinski definition) is 1. The predicted molar refractivity (Wildman–Crippen MR) is 93.7 cm³/mol. The number of hydrogen-bond acceptors (Lipinski definition) is 6. The third-order valence-corrected chi connectivity index (χ3v) is 5.44. The standard InChI is InChI=1S/C18H25N5O3/c1-25-14-5-7-22(10-14)11-17-20-16(12-26-17)18(24)23-8-3-13(4-9-23)15-2-6-19-21-15/h2,6,12-14H,3-5,7-11H2,1H3,(H,19,21). The van der Waals surface area contributed by atoms with E-state index in [4.69, 9.17) is 9.15 Å². The van der Waals surface area contributed by atoms with Gasteiger partial charge in [-0.05, 0) is 25.3 Å². The van der Waals surface area contributed by atoms with Crippen molar-refractivity contribution in [3.05, 3.63) is 35.8 Å². The van der Waals surface area contributed by atoms with Crippen molar-refractivity contribution in [2.45, 2.75) is 37.8 Å². The van der Waals surface area contributed by atoms with Crippen LogP contribution in [-0.4, -0.2) is 70.3 Å². The van der Waals surface area contributed by atoms with E-state index in [1.165, 1.54) is 6.26 Å². The number of carbonyl (C=O) groups excluding carboxylic acids is 1. The molecule has 2 aliphatic rings. The third-order valence-electron chi connectivity index (χ3n) is 5.44. The van der Waals surface area contributed by atoms with Crippen LogP contribution in [0.15, 0.2) is 22.9 Å². The molecule has 0 saturated carbocycles. The van der Waals surface area contributed by atoms with Crippen molar-refractivity contribution < 1.29 is 13.9 Å². The van der Waals surface area contributed by atoms with Gasteiger partial charge < -0.3 is 14.1 Å². The molecular formula is C18H25N5O3. The number of H-pyrrole nitrogens is 1. The second kappa shape index (κ2) is 7.59. The van der Waals surface area contributed by atoms with Crippen LogP contribution in [0, 0.1) is 0 Å². The lowest BCUT2D eigenvalue weighted by Gasteiger charge is -2.30. The Morgan fingerprint density at radius 1 is 1.35 bits per heavy atom. The van der Waals surface area contributed by atoms with E-state index in [9.17, 15) is 4.79 Å². The average molecular weight is 359 g/mol. The molecule has 2 aliphatic heterocycles. The summed E-state index contributed by atoms with van der Waals surface area (Å²) in [5.74, 6) is 0.995. The molecule has 1 amide bonds. The quantitative estimate of drug-likeness (QED) is 0.873. The van der Waals surface area contributed by atoms with E-state index in [1.807, 2.05) is 11.0 Å². The first-order chi connectivity index (χ1) is 12.7. The first kappa shape index (κ1) is 17.2. The van der Waals surface area contributed by atoms with Gasteiger partial charge in [-0.2, -0.15) is 5.10 Å². The van der Waals surface area contributed by atoms with Gasteiger partial charge >= 0.3 is 0 Å². The Morgan fingerprint density at radius 2 is 2.19 bits per heavy atom. The molecule has 0 aromatic carbocycles. The molecule has 26 heavy (non-hydrogen) atoms. The number of ether oxygens (including phenoxy) is 1. The Balaban J connectivity index is 1.31. The van der Waals surface area contributed by atoms with Gasteiger partial charge in [0.25, 0.3) is 5.91 Å². The molecule has 2 fully saturated rings. The molecule has 140 valence electrons. The van der Waals surface area contributed by atoms with Crippen LogP contribution in [0.1, 0.15) is 47.3 Å². The molecule has 0 bridgehead atoms. The Hall–Kier alpha value is -2.19. The van der Waals surface area contributed by atoms with Gasteiger partial charge in [-0.25, -0.2) is 4.98 Å². The molecule has 1 atom stereocenters. The van der Waals surface area contributed by atoms with Gasteiger partial charge in [-0.15, -0.1) is 0 Å². The zero-order valence-electron chi connectivity index (χ0n) is 15.1. The minimum absolute atomic E-state index is 0.0424. The lowest BCUT2D eigenvalue weighted by molar-refractivity contribution is 0.0706. The number of likely N-dealkylation sites (tertiary alicyclic amines) is 2. The second-order valence-corrected chi connectivity index (χ2v) is 7.09. The summed E-state index contributed by atoms with van der Waals surface area (Å²) in [6.45, 7) is 3.92. The van der Waals surface area contributed by atoms with Crippen LogP contribution in [0.25, 0.3) is 0 Å². The van der Waals surface area contributed by atoms with E-state index in [0.717, 1.165) is 51.1 Å². The summed E-state index contributed by atoms with van der Waals surface area (Å²) in [4.78, 5) is 21.2. The van der Waals surface area contributed by atoms with Crippen molar-refractivity contribution in [3.8, 4) is 0 Å². The number of nitrogens with one attached hydrogen (secondary N) is 1. The first-order valence-electron chi connectivity index (χ1n) is 9.21. The fourth-order valence-corrected chi connectivity index (χ4v) is 3.86. The predicted octanol–water partition coefficient (Wildman–Crippen LogP) is 1.64. The number of carbonyl (C=O) groups is 1. The number of aromatic nitrogens is 3. The molecule has 8 nitrogen and oxygen atoms in total. The number of nitrogens with zero attached hydrogens (tertiary/aromatic N) is 4. The minimum atomic E-state index is -0.0424. The van der Waals surface area contributed by atoms with Gasteiger partial charge in [-0.1, -0.05) is 0 Å². The summed E-state index contributed by atoms with van der Waals surface area (Å²) in [5.41, 5.74) is 1.56. The number of methoxy groups -OCH3 is 1. The highest BCUT2D eigenvalue weighted by Gasteiger charge is 2.28. The van der Waals surface area contributed by atoms with Gasteiger partial charge in [0.1, 0.15) is 6.26 Å². The number of amides is 1. The highest BCUT2D eigenvalue weighted by molar-refractivity contribution is 5.92. The fraction of sp³-hybridized carbons (Fsp3) is 0.611. The van der Waals surface area contributed by atoms with Crippen molar-refractivity contribution in [1.29, 1.82) is 0 Å².